The van der Waals surface area contributed by atoms with Gasteiger partial charge >= 0.3 is 5.97 Å². The van der Waals surface area contributed by atoms with Crippen molar-refractivity contribution in [2.75, 3.05) is 5.73 Å². The minimum Gasteiger partial charge on any atom is -0.478 e. The number of anilines is 1. The fourth-order valence-electron chi connectivity index (χ4n) is 2.11. The summed E-state index contributed by atoms with van der Waals surface area (Å²) in [4.78, 5) is 18.1. The molecule has 0 atom stereocenters. The summed E-state index contributed by atoms with van der Waals surface area (Å²) in [6.45, 7) is 0. The number of hydrogen-bond donors (Lipinski definition) is 3. The number of aromatic carboxylic acids is 1. The predicted octanol–water partition coefficient (Wildman–Crippen LogP) is 1.85. The highest BCUT2D eigenvalue weighted by molar-refractivity contribution is 5.95. The Labute approximate surface area is 108 Å². The maximum absolute atomic E-state index is 11.0. The number of aryl methyl sites for hydroxylation is 1. The predicted molar refractivity (Wildman–Crippen MR) is 71.9 cm³/mol. The second-order valence-corrected chi connectivity index (χ2v) is 4.37. The number of fused-ring (bicyclic) bond motifs is 1. The van der Waals surface area contributed by atoms with Gasteiger partial charge in [0.25, 0.3) is 0 Å². The molecule has 2 heterocycles. The van der Waals surface area contributed by atoms with Gasteiger partial charge in [0.15, 0.2) is 0 Å². The molecule has 0 saturated carbocycles. The number of aromatic amines is 1. The van der Waals surface area contributed by atoms with E-state index in [0.717, 1.165) is 16.6 Å². The largest absolute Gasteiger partial charge is 0.478 e. The van der Waals surface area contributed by atoms with Crippen molar-refractivity contribution in [2.45, 2.75) is 0 Å². The number of H-pyrrole nitrogens is 1. The van der Waals surface area contributed by atoms with Gasteiger partial charge in [0.2, 0.25) is 0 Å². The molecule has 0 fully saturated rings. The lowest BCUT2D eigenvalue weighted by atomic mass is 10.1. The van der Waals surface area contributed by atoms with Crippen LogP contribution in [0.3, 0.4) is 0 Å². The molecular formula is C13H12N4O2. The van der Waals surface area contributed by atoms with Gasteiger partial charge in [-0.25, -0.2) is 9.78 Å². The number of nitrogen functional groups attached to an aromatic ring is 1. The number of hydrogen-bond acceptors (Lipinski definition) is 3. The van der Waals surface area contributed by atoms with Crippen molar-refractivity contribution in [1.82, 2.24) is 14.5 Å². The van der Waals surface area contributed by atoms with Gasteiger partial charge in [0, 0.05) is 18.3 Å². The van der Waals surface area contributed by atoms with Crippen LogP contribution < -0.4 is 5.73 Å². The van der Waals surface area contributed by atoms with Crippen molar-refractivity contribution < 1.29 is 9.90 Å². The molecule has 96 valence electrons. The van der Waals surface area contributed by atoms with E-state index in [0.29, 0.717) is 5.69 Å². The van der Waals surface area contributed by atoms with Gasteiger partial charge in [0.1, 0.15) is 11.4 Å². The molecule has 6 heteroatoms. The number of nitrogens with one attached hydrogen (secondary N) is 1. The van der Waals surface area contributed by atoms with E-state index in [9.17, 15) is 4.79 Å². The van der Waals surface area contributed by atoms with Crippen molar-refractivity contribution in [3.05, 3.63) is 36.2 Å². The summed E-state index contributed by atoms with van der Waals surface area (Å²) in [5.74, 6) is -0.887. The summed E-state index contributed by atoms with van der Waals surface area (Å²) in [5, 5.41) is 8.99. The van der Waals surface area contributed by atoms with Crippen molar-refractivity contribution in [3.8, 4) is 11.3 Å². The highest BCUT2D eigenvalue weighted by atomic mass is 16.4. The van der Waals surface area contributed by atoms with Crippen LogP contribution in [0.15, 0.2) is 30.6 Å². The Morgan fingerprint density at radius 2 is 2.21 bits per heavy atom. The van der Waals surface area contributed by atoms with Gasteiger partial charge in [-0.15, -0.1) is 0 Å². The van der Waals surface area contributed by atoms with Crippen molar-refractivity contribution in [1.29, 1.82) is 0 Å². The zero-order chi connectivity index (χ0) is 13.6. The Balaban J connectivity index is 2.13. The van der Waals surface area contributed by atoms with Crippen molar-refractivity contribution in [3.63, 3.8) is 0 Å². The molecule has 2 aromatic heterocycles. The quantitative estimate of drug-likeness (QED) is 0.651. The van der Waals surface area contributed by atoms with Crippen molar-refractivity contribution in [2.24, 2.45) is 7.05 Å². The molecule has 0 unspecified atom stereocenters. The van der Waals surface area contributed by atoms with Crippen LogP contribution in [0.2, 0.25) is 0 Å². The average molecular weight is 256 g/mol. The third-order valence-corrected chi connectivity index (χ3v) is 3.12. The summed E-state index contributed by atoms with van der Waals surface area (Å²) >= 11 is 0. The Morgan fingerprint density at radius 3 is 2.89 bits per heavy atom. The number of benzene rings is 1. The van der Waals surface area contributed by atoms with E-state index in [1.54, 1.807) is 6.33 Å². The SMILES string of the molecule is Cn1cnc2cc(-c3cc(C(=O)O)c(N)[nH]3)ccc21. The van der Waals surface area contributed by atoms with Crippen LogP contribution in [-0.2, 0) is 7.05 Å². The molecule has 0 aliphatic carbocycles. The average Bonchev–Trinajstić information content (AvgIpc) is 2.93. The number of nitrogens with zero attached hydrogens (tertiary/aromatic N) is 2. The number of nitrogens with two attached hydrogens (primary N) is 1. The lowest BCUT2D eigenvalue weighted by Crippen LogP contribution is -1.98. The van der Waals surface area contributed by atoms with Crippen LogP contribution in [0.5, 0.6) is 0 Å². The minimum atomic E-state index is -1.04. The van der Waals surface area contributed by atoms with Gasteiger partial charge < -0.3 is 20.4 Å². The third kappa shape index (κ3) is 1.74. The van der Waals surface area contributed by atoms with Crippen LogP contribution in [0.25, 0.3) is 22.3 Å². The van der Waals surface area contributed by atoms with Gasteiger partial charge in [-0.3, -0.25) is 0 Å². The van der Waals surface area contributed by atoms with E-state index >= 15 is 0 Å². The molecule has 0 radical (unpaired) electrons. The molecule has 19 heavy (non-hydrogen) atoms. The fraction of sp³-hybridized carbons (Fsp3) is 0.0769. The lowest BCUT2D eigenvalue weighted by Gasteiger charge is -1.99. The number of carboxylic acids is 1. The Kier molecular flexibility index (Phi) is 2.31. The normalized spacial score (nSPS) is 11.0. The lowest BCUT2D eigenvalue weighted by molar-refractivity contribution is 0.0698. The second-order valence-electron chi connectivity index (χ2n) is 4.37. The van der Waals surface area contributed by atoms with Gasteiger partial charge in [0.05, 0.1) is 17.4 Å². The van der Waals surface area contributed by atoms with E-state index in [4.69, 9.17) is 10.8 Å². The molecule has 0 aliphatic rings. The van der Waals surface area contributed by atoms with Crippen LogP contribution in [-0.4, -0.2) is 25.6 Å². The smallest absolute Gasteiger partial charge is 0.339 e. The van der Waals surface area contributed by atoms with E-state index in [1.165, 1.54) is 6.07 Å². The first-order valence-corrected chi connectivity index (χ1v) is 5.69. The van der Waals surface area contributed by atoms with E-state index in [1.807, 2.05) is 29.8 Å². The summed E-state index contributed by atoms with van der Waals surface area (Å²) in [6, 6.07) is 7.27. The highest BCUT2D eigenvalue weighted by Gasteiger charge is 2.13. The standard InChI is InChI=1S/C13H12N4O2/c1-17-6-15-10-4-7(2-3-11(10)17)9-5-8(13(18)19)12(14)16-9/h2-6,16H,14H2,1H3,(H,18,19). The Morgan fingerprint density at radius 1 is 1.42 bits per heavy atom. The summed E-state index contributed by atoms with van der Waals surface area (Å²) < 4.78 is 1.92. The molecule has 3 aromatic rings. The number of rotatable bonds is 2. The fourth-order valence-corrected chi connectivity index (χ4v) is 2.11. The zero-order valence-electron chi connectivity index (χ0n) is 10.2. The van der Waals surface area contributed by atoms with E-state index in [2.05, 4.69) is 9.97 Å². The summed E-state index contributed by atoms with van der Waals surface area (Å²) in [5.41, 5.74) is 9.11. The molecule has 6 nitrogen and oxygen atoms in total. The van der Waals surface area contributed by atoms with Crippen LogP contribution in [0.1, 0.15) is 10.4 Å². The number of carbonyl (C=O) groups is 1. The zero-order valence-corrected chi connectivity index (χ0v) is 10.2. The molecule has 1 aromatic carbocycles. The molecule has 0 amide bonds. The maximum Gasteiger partial charge on any atom is 0.339 e. The first kappa shape index (κ1) is 11.3. The minimum absolute atomic E-state index is 0.0797. The Bertz CT molecular complexity index is 785. The Hall–Kier alpha value is -2.76. The third-order valence-electron chi connectivity index (χ3n) is 3.12. The van der Waals surface area contributed by atoms with Crippen LogP contribution in [0, 0.1) is 0 Å². The number of carboxylic acid groups (broad SMARTS) is 1. The van der Waals surface area contributed by atoms with Crippen LogP contribution >= 0.6 is 0 Å². The van der Waals surface area contributed by atoms with Crippen LogP contribution in [0.4, 0.5) is 5.82 Å². The monoisotopic (exact) mass is 256 g/mol. The first-order valence-electron chi connectivity index (χ1n) is 5.69. The second kappa shape index (κ2) is 3.88. The highest BCUT2D eigenvalue weighted by Crippen LogP contribution is 2.26. The molecule has 3 rings (SSSR count). The maximum atomic E-state index is 11.0. The molecule has 0 saturated heterocycles. The van der Waals surface area contributed by atoms with E-state index < -0.39 is 5.97 Å². The molecule has 0 bridgehead atoms. The summed E-state index contributed by atoms with van der Waals surface area (Å²) in [6.07, 6.45) is 1.74. The van der Waals surface area contributed by atoms with E-state index in [-0.39, 0.29) is 11.4 Å². The van der Waals surface area contributed by atoms with Gasteiger partial charge in [-0.2, -0.15) is 0 Å². The number of aromatic nitrogens is 3. The molecular weight excluding hydrogens is 244 g/mol. The molecule has 4 N–H and O–H groups in total. The molecule has 0 aliphatic heterocycles. The molecule has 0 spiro atoms. The number of imidazole rings is 1. The van der Waals surface area contributed by atoms with Gasteiger partial charge in [-0.05, 0) is 18.2 Å². The van der Waals surface area contributed by atoms with Crippen molar-refractivity contribution >= 4 is 22.8 Å². The topological polar surface area (TPSA) is 96.9 Å². The first-order chi connectivity index (χ1) is 9.06. The summed E-state index contributed by atoms with van der Waals surface area (Å²) in [7, 11) is 1.92. The van der Waals surface area contributed by atoms with Gasteiger partial charge in [-0.1, -0.05) is 6.07 Å².